The van der Waals surface area contributed by atoms with E-state index in [1.807, 2.05) is 18.2 Å². The van der Waals surface area contributed by atoms with E-state index in [1.165, 1.54) is 23.9 Å². The van der Waals surface area contributed by atoms with Gasteiger partial charge in [0, 0.05) is 23.4 Å². The molecule has 0 saturated carbocycles. The van der Waals surface area contributed by atoms with Crippen molar-refractivity contribution in [3.05, 3.63) is 63.2 Å². The van der Waals surface area contributed by atoms with Crippen molar-refractivity contribution in [1.82, 2.24) is 5.32 Å². The van der Waals surface area contributed by atoms with Crippen LogP contribution in [0, 0.1) is 17.0 Å². The average Bonchev–Trinajstić information content (AvgIpc) is 3.17. The number of nitrogens with zero attached hydrogens (tertiary/aromatic N) is 1. The first-order chi connectivity index (χ1) is 13.4. The number of hydrogen-bond acceptors (Lipinski definition) is 7. The Labute approximate surface area is 166 Å². The number of benzene rings is 2. The summed E-state index contributed by atoms with van der Waals surface area (Å²) in [7, 11) is 1.57. The summed E-state index contributed by atoms with van der Waals surface area (Å²) < 4.78 is 11.3. The van der Waals surface area contributed by atoms with Gasteiger partial charge in [-0.15, -0.1) is 11.8 Å². The highest BCUT2D eigenvalue weighted by Crippen LogP contribution is 2.35. The van der Waals surface area contributed by atoms with Gasteiger partial charge in [0.2, 0.25) is 0 Å². The summed E-state index contributed by atoms with van der Waals surface area (Å²) in [5.41, 5.74) is 2.43. The third-order valence-corrected chi connectivity index (χ3v) is 5.71. The molecule has 1 aliphatic heterocycles. The minimum absolute atomic E-state index is 0.0155. The van der Waals surface area contributed by atoms with Gasteiger partial charge in [0.25, 0.3) is 5.69 Å². The molecular weight excluding hydrogens is 384 g/mol. The highest BCUT2D eigenvalue weighted by Gasteiger charge is 2.30. The number of aryl methyl sites for hydroxylation is 1. The second kappa shape index (κ2) is 8.49. The van der Waals surface area contributed by atoms with Gasteiger partial charge in [-0.1, -0.05) is 6.07 Å². The Morgan fingerprint density at radius 3 is 2.68 bits per heavy atom. The maximum atomic E-state index is 11.1. The van der Waals surface area contributed by atoms with E-state index in [1.54, 1.807) is 20.1 Å². The second-order valence-electron chi connectivity index (χ2n) is 6.34. The van der Waals surface area contributed by atoms with Crippen LogP contribution in [0.2, 0.25) is 0 Å². The van der Waals surface area contributed by atoms with E-state index in [4.69, 9.17) is 14.6 Å². The minimum atomic E-state index is -0.860. The summed E-state index contributed by atoms with van der Waals surface area (Å²) >= 11 is 1.54. The molecule has 1 fully saturated rings. The van der Waals surface area contributed by atoms with Gasteiger partial charge in [0.15, 0.2) is 0 Å². The molecule has 1 heterocycles. The number of thioether (sulfide) groups is 1. The number of nitro groups is 1. The zero-order valence-electron chi connectivity index (χ0n) is 15.4. The van der Waals surface area contributed by atoms with Crippen LogP contribution in [0.5, 0.6) is 11.5 Å². The quantitative estimate of drug-likeness (QED) is 0.534. The first-order valence-electron chi connectivity index (χ1n) is 8.54. The number of methoxy groups -OCH3 is 1. The van der Waals surface area contributed by atoms with Gasteiger partial charge in [-0.3, -0.25) is 20.2 Å². The highest BCUT2D eigenvalue weighted by atomic mass is 32.2. The van der Waals surface area contributed by atoms with E-state index in [0.29, 0.717) is 22.8 Å². The Morgan fingerprint density at radius 1 is 1.32 bits per heavy atom. The van der Waals surface area contributed by atoms with Gasteiger partial charge in [-0.25, -0.2) is 0 Å². The molecule has 0 aromatic heterocycles. The molecule has 1 aliphatic rings. The molecule has 2 N–H and O–H groups in total. The number of non-ortho nitro benzene ring substituents is 1. The number of nitro benzene ring substituents is 1. The SMILES string of the molecule is COc1ccc([C@H]2N[C@@H](C(=O)O)CS2)cc1COc1ccc([N+](=O)[O-])cc1C. The zero-order chi connectivity index (χ0) is 20.3. The van der Waals surface area contributed by atoms with Crippen LogP contribution in [0.4, 0.5) is 5.69 Å². The Hall–Kier alpha value is -2.78. The fourth-order valence-corrected chi connectivity index (χ4v) is 4.17. The minimum Gasteiger partial charge on any atom is -0.496 e. The molecule has 148 valence electrons. The summed E-state index contributed by atoms with van der Waals surface area (Å²) in [6.45, 7) is 1.97. The van der Waals surface area contributed by atoms with Gasteiger partial charge >= 0.3 is 5.97 Å². The molecule has 9 heteroatoms. The zero-order valence-corrected chi connectivity index (χ0v) is 16.2. The summed E-state index contributed by atoms with van der Waals surface area (Å²) in [5.74, 6) is 0.846. The second-order valence-corrected chi connectivity index (χ2v) is 7.48. The fraction of sp³-hybridized carbons (Fsp3) is 0.316. The third kappa shape index (κ3) is 4.37. The smallest absolute Gasteiger partial charge is 0.321 e. The van der Waals surface area contributed by atoms with Crippen LogP contribution >= 0.6 is 11.8 Å². The molecule has 28 heavy (non-hydrogen) atoms. The molecule has 0 spiro atoms. The fourth-order valence-electron chi connectivity index (χ4n) is 2.95. The number of rotatable bonds is 7. The van der Waals surface area contributed by atoms with Gasteiger partial charge < -0.3 is 14.6 Å². The Balaban J connectivity index is 1.76. The predicted molar refractivity (Wildman–Crippen MR) is 105 cm³/mol. The molecule has 1 saturated heterocycles. The topological polar surface area (TPSA) is 111 Å². The van der Waals surface area contributed by atoms with Gasteiger partial charge in [0.1, 0.15) is 24.1 Å². The van der Waals surface area contributed by atoms with Crippen LogP contribution in [0.3, 0.4) is 0 Å². The van der Waals surface area contributed by atoms with E-state index in [9.17, 15) is 14.9 Å². The number of ether oxygens (including phenoxy) is 2. The number of carbonyl (C=O) groups is 1. The number of hydrogen-bond donors (Lipinski definition) is 2. The third-order valence-electron chi connectivity index (χ3n) is 4.44. The molecular formula is C19H20N2O6S. The molecule has 2 aromatic carbocycles. The van der Waals surface area contributed by atoms with E-state index in [2.05, 4.69) is 5.32 Å². The summed E-state index contributed by atoms with van der Waals surface area (Å²) in [4.78, 5) is 21.6. The lowest BCUT2D eigenvalue weighted by Crippen LogP contribution is -2.33. The van der Waals surface area contributed by atoms with Crippen LogP contribution in [0.1, 0.15) is 22.1 Å². The molecule has 0 aliphatic carbocycles. The standard InChI is InChI=1S/C19H20N2O6S/c1-11-7-14(21(24)25)4-6-16(11)27-9-13-8-12(3-5-17(13)26-2)18-20-15(10-28-18)19(22)23/h3-8,15,18,20H,9-10H2,1-2H3,(H,22,23)/t15-,18+/m1/s1. The van der Waals surface area contributed by atoms with Crippen molar-refractivity contribution < 1.29 is 24.3 Å². The monoisotopic (exact) mass is 404 g/mol. The van der Waals surface area contributed by atoms with E-state index >= 15 is 0 Å². The lowest BCUT2D eigenvalue weighted by Gasteiger charge is -2.16. The van der Waals surface area contributed by atoms with E-state index < -0.39 is 16.9 Å². The normalized spacial score (nSPS) is 18.6. The first-order valence-corrected chi connectivity index (χ1v) is 9.59. The molecule has 0 bridgehead atoms. The van der Waals surface area contributed by atoms with Crippen LogP contribution in [0.15, 0.2) is 36.4 Å². The number of nitrogens with one attached hydrogen (secondary N) is 1. The van der Waals surface area contributed by atoms with Crippen molar-refractivity contribution in [2.45, 2.75) is 24.9 Å². The Bertz CT molecular complexity index is 904. The Morgan fingerprint density at radius 2 is 2.07 bits per heavy atom. The van der Waals surface area contributed by atoms with Crippen molar-refractivity contribution in [2.75, 3.05) is 12.9 Å². The van der Waals surface area contributed by atoms with Gasteiger partial charge in [0.05, 0.1) is 17.4 Å². The summed E-state index contributed by atoms with van der Waals surface area (Å²) in [6.07, 6.45) is 0. The van der Waals surface area contributed by atoms with Crippen molar-refractivity contribution in [1.29, 1.82) is 0 Å². The largest absolute Gasteiger partial charge is 0.496 e. The Kier molecular flexibility index (Phi) is 6.05. The predicted octanol–water partition coefficient (Wildman–Crippen LogP) is 3.28. The lowest BCUT2D eigenvalue weighted by molar-refractivity contribution is -0.384. The van der Waals surface area contributed by atoms with Crippen molar-refractivity contribution in [2.24, 2.45) is 0 Å². The van der Waals surface area contributed by atoms with Crippen LogP contribution < -0.4 is 14.8 Å². The molecule has 2 aromatic rings. The van der Waals surface area contributed by atoms with Crippen LogP contribution in [0.25, 0.3) is 0 Å². The van der Waals surface area contributed by atoms with Gasteiger partial charge in [-0.05, 0) is 36.2 Å². The summed E-state index contributed by atoms with van der Waals surface area (Å²) in [5, 5.41) is 23.0. The van der Waals surface area contributed by atoms with E-state index in [-0.39, 0.29) is 17.7 Å². The number of carboxylic acid groups (broad SMARTS) is 1. The van der Waals surface area contributed by atoms with Gasteiger partial charge in [-0.2, -0.15) is 0 Å². The average molecular weight is 404 g/mol. The molecule has 3 rings (SSSR count). The molecule has 0 amide bonds. The maximum absolute atomic E-state index is 11.1. The molecule has 0 unspecified atom stereocenters. The van der Waals surface area contributed by atoms with Crippen LogP contribution in [-0.2, 0) is 11.4 Å². The first kappa shape index (κ1) is 20.0. The van der Waals surface area contributed by atoms with Crippen molar-refractivity contribution in [3.8, 4) is 11.5 Å². The highest BCUT2D eigenvalue weighted by molar-refractivity contribution is 7.99. The van der Waals surface area contributed by atoms with E-state index in [0.717, 1.165) is 11.1 Å². The molecule has 0 radical (unpaired) electrons. The van der Waals surface area contributed by atoms with Crippen LogP contribution in [-0.4, -0.2) is 34.9 Å². The maximum Gasteiger partial charge on any atom is 0.321 e. The van der Waals surface area contributed by atoms with Crippen molar-refractivity contribution >= 4 is 23.4 Å². The number of aliphatic carboxylic acids is 1. The summed E-state index contributed by atoms with van der Waals surface area (Å²) in [6, 6.07) is 9.53. The molecule has 8 nitrogen and oxygen atoms in total. The van der Waals surface area contributed by atoms with Crippen molar-refractivity contribution in [3.63, 3.8) is 0 Å². The molecule has 2 atom stereocenters. The number of carboxylic acids is 1. The lowest BCUT2D eigenvalue weighted by atomic mass is 10.1.